The summed E-state index contributed by atoms with van der Waals surface area (Å²) in [6.45, 7) is 4.73. The first-order chi connectivity index (χ1) is 3.71. The molecule has 0 aliphatic heterocycles. The molecule has 0 radical (unpaired) electrons. The van der Waals surface area contributed by atoms with Crippen molar-refractivity contribution in [3.05, 3.63) is 0 Å². The number of phosphoric ester groups is 1. The molecule has 0 aliphatic rings. The average Bonchev–Trinajstić information content (AvgIpc) is 1.14. The Morgan fingerprint density at radius 1 is 1.30 bits per heavy atom. The summed E-state index contributed by atoms with van der Waals surface area (Å²) >= 11 is 0. The van der Waals surface area contributed by atoms with Crippen molar-refractivity contribution < 1.29 is 18.9 Å². The van der Waals surface area contributed by atoms with Crippen molar-refractivity contribution in [1.82, 2.24) is 0 Å². The predicted octanol–water partition coefficient (Wildman–Crippen LogP) is 0.246. The van der Waals surface area contributed by atoms with Crippen LogP contribution in [0.2, 0.25) is 0 Å². The third-order valence-corrected chi connectivity index (χ3v) is 1.18. The molecule has 6 heteroatoms. The molecule has 0 spiro atoms. The molecule has 0 heterocycles. The molecule has 0 fully saturated rings. The van der Waals surface area contributed by atoms with E-state index in [1.807, 2.05) is 0 Å². The number of hydrogen-bond donors (Lipinski definition) is 2. The fourth-order valence-corrected chi connectivity index (χ4v) is 1.07. The average molecular weight is 194 g/mol. The molecule has 2 N–H and O–H groups in total. The van der Waals surface area contributed by atoms with Crippen molar-refractivity contribution in [1.29, 1.82) is 0 Å². The van der Waals surface area contributed by atoms with Crippen molar-refractivity contribution in [2.75, 3.05) is 0 Å². The van der Waals surface area contributed by atoms with Crippen LogP contribution in [0, 0.1) is 0 Å². The molecule has 10 heavy (non-hydrogen) atoms. The molecule has 0 aromatic rings. The summed E-state index contributed by atoms with van der Waals surface area (Å²) in [7, 11) is -4.29. The zero-order valence-electron chi connectivity index (χ0n) is 5.66. The molecular formula is C4H12KO4P. The van der Waals surface area contributed by atoms with Gasteiger partial charge in [0.2, 0.25) is 0 Å². The molecule has 0 rings (SSSR count). The topological polar surface area (TPSA) is 66.8 Å². The summed E-state index contributed by atoms with van der Waals surface area (Å²) in [6.07, 6.45) is 0. The van der Waals surface area contributed by atoms with Crippen molar-refractivity contribution in [2.24, 2.45) is 0 Å². The van der Waals surface area contributed by atoms with Crippen LogP contribution in [0.15, 0.2) is 0 Å². The van der Waals surface area contributed by atoms with E-state index in [0.29, 0.717) is 0 Å². The van der Waals surface area contributed by atoms with E-state index in [0.717, 1.165) is 0 Å². The van der Waals surface area contributed by atoms with E-state index in [2.05, 4.69) is 4.52 Å². The third-order valence-electron chi connectivity index (χ3n) is 0.393. The molecule has 0 saturated heterocycles. The van der Waals surface area contributed by atoms with Gasteiger partial charge in [0.1, 0.15) is 0 Å². The van der Waals surface area contributed by atoms with Gasteiger partial charge in [-0.3, -0.25) is 4.52 Å². The molecule has 4 nitrogen and oxygen atoms in total. The van der Waals surface area contributed by atoms with E-state index in [4.69, 9.17) is 9.79 Å². The van der Waals surface area contributed by atoms with Crippen LogP contribution in [-0.4, -0.2) is 66.8 Å². The number of hydrogen-bond acceptors (Lipinski definition) is 2. The van der Waals surface area contributed by atoms with Crippen LogP contribution in [0.25, 0.3) is 0 Å². The minimum atomic E-state index is -4.29. The summed E-state index contributed by atoms with van der Waals surface area (Å²) in [4.78, 5) is 16.5. The van der Waals surface area contributed by atoms with Crippen LogP contribution in [0.5, 0.6) is 0 Å². The van der Waals surface area contributed by atoms with Crippen molar-refractivity contribution in [2.45, 2.75) is 26.4 Å². The maximum atomic E-state index is 10.1. The van der Waals surface area contributed by atoms with Gasteiger partial charge in [-0.1, -0.05) is 0 Å². The van der Waals surface area contributed by atoms with Gasteiger partial charge in [-0.05, 0) is 20.8 Å². The Morgan fingerprint density at radius 2 is 1.60 bits per heavy atom. The molecule has 0 saturated carbocycles. The first-order valence-corrected chi connectivity index (χ1v) is 4.00. The molecule has 58 valence electrons. The van der Waals surface area contributed by atoms with Crippen LogP contribution < -0.4 is 0 Å². The molecular weight excluding hydrogens is 182 g/mol. The van der Waals surface area contributed by atoms with Gasteiger partial charge in [0.15, 0.2) is 0 Å². The van der Waals surface area contributed by atoms with Crippen molar-refractivity contribution in [3.63, 3.8) is 0 Å². The SMILES string of the molecule is CC(C)(C)OP(=O)(O)O.[KH]. The van der Waals surface area contributed by atoms with Crippen LogP contribution >= 0.6 is 7.82 Å². The molecule has 0 bridgehead atoms. The van der Waals surface area contributed by atoms with E-state index < -0.39 is 13.4 Å². The standard InChI is InChI=1S/C4H11O4P.K.H/c1-4(2,3)8-9(5,6)7;;/h1-3H3,(H2,5,6,7);;. The molecule has 0 aromatic carbocycles. The molecule has 0 atom stereocenters. The first-order valence-electron chi connectivity index (χ1n) is 2.47. The molecule has 0 amide bonds. The number of phosphoric acid groups is 1. The predicted molar refractivity (Wildman–Crippen MR) is 40.0 cm³/mol. The Balaban J connectivity index is 0. The maximum absolute atomic E-state index is 10.1. The summed E-state index contributed by atoms with van der Waals surface area (Å²) in [5.74, 6) is 0. The molecule has 0 unspecified atom stereocenters. The van der Waals surface area contributed by atoms with Gasteiger partial charge in [-0.15, -0.1) is 0 Å². The van der Waals surface area contributed by atoms with Gasteiger partial charge < -0.3 is 9.79 Å². The van der Waals surface area contributed by atoms with Crippen LogP contribution in [0.4, 0.5) is 0 Å². The Kier molecular flexibility index (Phi) is 6.70. The second-order valence-electron chi connectivity index (χ2n) is 2.69. The second kappa shape index (κ2) is 4.69. The summed E-state index contributed by atoms with van der Waals surface area (Å²) < 4.78 is 14.4. The zero-order valence-corrected chi connectivity index (χ0v) is 6.55. The van der Waals surface area contributed by atoms with Gasteiger partial charge >= 0.3 is 59.2 Å². The fourth-order valence-electron chi connectivity index (χ4n) is 0.357. The van der Waals surface area contributed by atoms with Crippen LogP contribution in [0.1, 0.15) is 20.8 Å². The molecule has 0 aromatic heterocycles. The van der Waals surface area contributed by atoms with E-state index in [9.17, 15) is 4.57 Å². The number of rotatable bonds is 1. The van der Waals surface area contributed by atoms with E-state index in [1.54, 1.807) is 20.8 Å². The van der Waals surface area contributed by atoms with Crippen molar-refractivity contribution in [3.8, 4) is 0 Å². The van der Waals surface area contributed by atoms with E-state index in [1.165, 1.54) is 0 Å². The van der Waals surface area contributed by atoms with E-state index in [-0.39, 0.29) is 51.4 Å². The molecule has 0 aliphatic carbocycles. The first kappa shape index (κ1) is 14.3. The fraction of sp³-hybridized carbons (Fsp3) is 1.00. The second-order valence-corrected chi connectivity index (χ2v) is 3.86. The summed E-state index contributed by atoms with van der Waals surface area (Å²) in [6, 6.07) is 0. The van der Waals surface area contributed by atoms with Gasteiger partial charge in [0, 0.05) is 0 Å². The Bertz CT molecular complexity index is 135. The quantitative estimate of drug-likeness (QED) is 0.463. The van der Waals surface area contributed by atoms with Gasteiger partial charge in [-0.25, -0.2) is 4.57 Å². The zero-order chi connectivity index (χ0) is 7.71. The Hall–Kier alpha value is 1.75. The Labute approximate surface area is 103 Å². The van der Waals surface area contributed by atoms with E-state index >= 15 is 0 Å². The van der Waals surface area contributed by atoms with Crippen LogP contribution in [0.3, 0.4) is 0 Å². The normalized spacial score (nSPS) is 12.5. The summed E-state index contributed by atoms with van der Waals surface area (Å²) in [5, 5.41) is 0. The van der Waals surface area contributed by atoms with Crippen LogP contribution in [-0.2, 0) is 9.09 Å². The van der Waals surface area contributed by atoms with Gasteiger partial charge in [-0.2, -0.15) is 0 Å². The summed E-state index contributed by atoms with van der Waals surface area (Å²) in [5.41, 5.74) is -0.779. The minimum absolute atomic E-state index is 0. The van der Waals surface area contributed by atoms with Crippen molar-refractivity contribution >= 4 is 59.2 Å². The third kappa shape index (κ3) is 12.4. The Morgan fingerprint density at radius 3 is 1.60 bits per heavy atom. The van der Waals surface area contributed by atoms with Gasteiger partial charge in [0.25, 0.3) is 0 Å². The van der Waals surface area contributed by atoms with Gasteiger partial charge in [0.05, 0.1) is 5.60 Å². The monoisotopic (exact) mass is 194 g/mol.